The maximum absolute atomic E-state index is 13.4. The highest BCUT2D eigenvalue weighted by atomic mass is 31.2. The van der Waals surface area contributed by atoms with Crippen LogP contribution in [0.5, 0.6) is 0 Å². The Hall–Kier alpha value is -2.03. The quantitative estimate of drug-likeness (QED) is 0.0212. The summed E-state index contributed by atoms with van der Waals surface area (Å²) in [7, 11) is 1.17. The van der Waals surface area contributed by atoms with Gasteiger partial charge in [-0.3, -0.25) is 14.2 Å². The lowest BCUT2D eigenvalue weighted by atomic mass is 10.0. The number of hydrogen-bond acceptors (Lipinski definition) is 7. The Bertz CT molecular complexity index is 1280. The van der Waals surface area contributed by atoms with Gasteiger partial charge in [-0.1, -0.05) is 198 Å². The fourth-order valence-electron chi connectivity index (χ4n) is 7.73. The fraction of sp³-hybridized carbons (Fsp3) is 0.821. The number of ether oxygens (including phenoxy) is 1. The van der Waals surface area contributed by atoms with E-state index in [-0.39, 0.29) is 24.9 Å². The summed E-state index contributed by atoms with van der Waals surface area (Å²) in [6.45, 7) is 6.71. The van der Waals surface area contributed by atoms with E-state index in [0.717, 1.165) is 89.9 Å². The number of rotatable bonds is 49. The highest BCUT2D eigenvalue weighted by Crippen LogP contribution is 2.38. The van der Waals surface area contributed by atoms with Crippen LogP contribution in [0.4, 0.5) is 0 Å². The molecule has 0 aromatic rings. The van der Waals surface area contributed by atoms with Gasteiger partial charge in [-0.2, -0.15) is 0 Å². The molecule has 0 saturated carbocycles. The number of allylic oxidation sites excluding steroid dienone is 7. The number of esters is 1. The van der Waals surface area contributed by atoms with Crippen LogP contribution < -0.4 is 10.2 Å². The Morgan fingerprint density at radius 3 is 1.47 bits per heavy atom. The highest BCUT2D eigenvalue weighted by molar-refractivity contribution is 7.45. The Kier molecular flexibility index (Phi) is 45.3. The first-order valence-corrected chi connectivity index (χ1v) is 28.9. The molecule has 1 N–H and O–H groups in total. The SMILES string of the molecule is CC/C=C/C/C=C/CCCCCCCCCC(=O)OC(/C=C/CCCCCCCCCCCCC)C(COP(=O)([O-])OCC[N+](C)(C)C)NC(=O)CCCCC/C=C\CCCCCCCC. The van der Waals surface area contributed by atoms with Crippen molar-refractivity contribution in [3.8, 4) is 0 Å². The van der Waals surface area contributed by atoms with E-state index >= 15 is 0 Å². The van der Waals surface area contributed by atoms with Gasteiger partial charge >= 0.3 is 5.97 Å². The van der Waals surface area contributed by atoms with Crippen LogP contribution in [-0.2, 0) is 27.9 Å². The number of quaternary nitrogens is 1. The van der Waals surface area contributed by atoms with Crippen LogP contribution in [0.3, 0.4) is 0 Å². The van der Waals surface area contributed by atoms with E-state index in [9.17, 15) is 19.0 Å². The zero-order chi connectivity index (χ0) is 48.7. The van der Waals surface area contributed by atoms with Crippen molar-refractivity contribution in [2.45, 2.75) is 258 Å². The average molecular weight is 949 g/mol. The number of likely N-dealkylation sites (N-methyl/N-ethyl adjacent to an activating group) is 1. The van der Waals surface area contributed by atoms with E-state index in [0.29, 0.717) is 23.9 Å². The lowest BCUT2D eigenvalue weighted by Crippen LogP contribution is -2.47. The molecule has 0 rings (SSSR count). The molecule has 0 heterocycles. The number of phosphoric acid groups is 1. The molecule has 66 heavy (non-hydrogen) atoms. The van der Waals surface area contributed by atoms with E-state index in [1.54, 1.807) is 0 Å². The van der Waals surface area contributed by atoms with Crippen molar-refractivity contribution in [2.24, 2.45) is 0 Å². The largest absolute Gasteiger partial charge is 0.756 e. The summed E-state index contributed by atoms with van der Waals surface area (Å²) >= 11 is 0. The summed E-state index contributed by atoms with van der Waals surface area (Å²) in [5, 5.41) is 3.00. The van der Waals surface area contributed by atoms with E-state index < -0.39 is 26.6 Å². The number of unbranched alkanes of at least 4 members (excludes halogenated alkanes) is 27. The van der Waals surface area contributed by atoms with E-state index in [2.05, 4.69) is 62.5 Å². The van der Waals surface area contributed by atoms with Crippen molar-refractivity contribution < 1.29 is 37.3 Å². The summed E-state index contributed by atoms with van der Waals surface area (Å²) < 4.78 is 30.2. The van der Waals surface area contributed by atoms with Crippen LogP contribution in [0.2, 0.25) is 0 Å². The molecule has 0 saturated heterocycles. The van der Waals surface area contributed by atoms with Crippen LogP contribution in [-0.4, -0.2) is 69.4 Å². The van der Waals surface area contributed by atoms with Gasteiger partial charge in [0, 0.05) is 12.8 Å². The first-order valence-electron chi connectivity index (χ1n) is 27.4. The maximum Gasteiger partial charge on any atom is 0.306 e. The Balaban J connectivity index is 5.44. The third-order valence-corrected chi connectivity index (χ3v) is 13.0. The molecular weight excluding hydrogens is 844 g/mol. The number of nitrogens with zero attached hydrogens (tertiary/aromatic N) is 1. The third kappa shape index (κ3) is 47.1. The van der Waals surface area contributed by atoms with Crippen molar-refractivity contribution in [3.05, 3.63) is 48.6 Å². The molecule has 0 aromatic heterocycles. The van der Waals surface area contributed by atoms with Gasteiger partial charge in [0.2, 0.25) is 5.91 Å². The molecule has 9 nitrogen and oxygen atoms in total. The molecule has 10 heteroatoms. The molecule has 0 fully saturated rings. The molecule has 0 spiro atoms. The standard InChI is InChI=1S/C56H105N2O7P/c1-7-10-13-16-19-22-25-28-31-34-37-40-43-46-49-56(60)65-54(47-44-41-38-35-32-29-26-23-20-17-14-11-8-2)53(52-64-66(61,62)63-51-50-58(4,5)6)57-55(59)48-45-42-39-36-33-30-27-24-21-18-15-12-9-3/h10,13,19,22,30,33,44,47,53-54H,7-9,11-12,14-18,20-21,23-29,31-32,34-43,45-46,48-52H2,1-6H3,(H-,57,59,61,62)/b13-10+,22-19+,33-30-,47-44+. The summed E-state index contributed by atoms with van der Waals surface area (Å²) in [4.78, 5) is 39.7. The lowest BCUT2D eigenvalue weighted by molar-refractivity contribution is -0.870. The number of hydrogen-bond donors (Lipinski definition) is 1. The van der Waals surface area contributed by atoms with Crippen LogP contribution in [0.25, 0.3) is 0 Å². The zero-order valence-electron chi connectivity index (χ0n) is 43.9. The molecule has 0 aliphatic rings. The van der Waals surface area contributed by atoms with Gasteiger partial charge < -0.3 is 28.5 Å². The van der Waals surface area contributed by atoms with Gasteiger partial charge in [-0.15, -0.1) is 0 Å². The first kappa shape index (κ1) is 64.0. The average Bonchev–Trinajstić information content (AvgIpc) is 3.27. The second-order valence-corrected chi connectivity index (χ2v) is 21.1. The van der Waals surface area contributed by atoms with Crippen LogP contribution in [0, 0.1) is 0 Å². The smallest absolute Gasteiger partial charge is 0.306 e. The van der Waals surface area contributed by atoms with Gasteiger partial charge in [0.1, 0.15) is 19.3 Å². The maximum atomic E-state index is 13.4. The molecule has 3 atom stereocenters. The van der Waals surface area contributed by atoms with Crippen molar-refractivity contribution >= 4 is 19.7 Å². The van der Waals surface area contributed by atoms with Crippen LogP contribution >= 0.6 is 7.82 Å². The number of carbonyl (C=O) groups is 2. The van der Waals surface area contributed by atoms with Crippen LogP contribution in [0.1, 0.15) is 245 Å². The number of phosphoric ester groups is 1. The molecule has 0 radical (unpaired) electrons. The number of carbonyl (C=O) groups excluding carboxylic acids is 2. The zero-order valence-corrected chi connectivity index (χ0v) is 44.8. The number of amides is 1. The minimum atomic E-state index is -4.69. The minimum Gasteiger partial charge on any atom is -0.756 e. The fourth-order valence-corrected chi connectivity index (χ4v) is 8.45. The number of nitrogens with one attached hydrogen (secondary N) is 1. The van der Waals surface area contributed by atoms with E-state index in [1.807, 2.05) is 33.3 Å². The molecule has 0 aliphatic carbocycles. The van der Waals surface area contributed by atoms with E-state index in [1.165, 1.54) is 116 Å². The molecule has 386 valence electrons. The van der Waals surface area contributed by atoms with Crippen molar-refractivity contribution in [3.63, 3.8) is 0 Å². The highest BCUT2D eigenvalue weighted by Gasteiger charge is 2.27. The molecule has 1 amide bonds. The normalized spacial score (nSPS) is 14.2. The monoisotopic (exact) mass is 949 g/mol. The summed E-state index contributed by atoms with van der Waals surface area (Å²) in [5.74, 6) is -0.568. The van der Waals surface area contributed by atoms with Crippen molar-refractivity contribution in [1.82, 2.24) is 5.32 Å². The van der Waals surface area contributed by atoms with Gasteiger partial charge in [-0.25, -0.2) is 0 Å². The molecule has 0 aromatic carbocycles. The van der Waals surface area contributed by atoms with Crippen molar-refractivity contribution in [2.75, 3.05) is 40.9 Å². The topological polar surface area (TPSA) is 114 Å². The lowest BCUT2D eigenvalue weighted by Gasteiger charge is -2.30. The molecule has 3 unspecified atom stereocenters. The summed E-state index contributed by atoms with van der Waals surface area (Å²) in [5.41, 5.74) is 0. The Morgan fingerprint density at radius 1 is 0.545 bits per heavy atom. The van der Waals surface area contributed by atoms with Crippen molar-refractivity contribution in [1.29, 1.82) is 0 Å². The molecule has 0 aliphatic heterocycles. The Labute approximate surface area is 408 Å². The van der Waals surface area contributed by atoms with Gasteiger partial charge in [0.05, 0.1) is 33.8 Å². The van der Waals surface area contributed by atoms with Gasteiger partial charge in [0.15, 0.2) is 0 Å². The predicted molar refractivity (Wildman–Crippen MR) is 279 cm³/mol. The molecular formula is C56H105N2O7P. The Morgan fingerprint density at radius 2 is 0.970 bits per heavy atom. The molecule has 0 bridgehead atoms. The van der Waals surface area contributed by atoms with E-state index in [4.69, 9.17) is 13.8 Å². The van der Waals surface area contributed by atoms with Gasteiger partial charge in [-0.05, 0) is 83.1 Å². The third-order valence-electron chi connectivity index (χ3n) is 12.0. The minimum absolute atomic E-state index is 0.0264. The second-order valence-electron chi connectivity index (χ2n) is 19.7. The van der Waals surface area contributed by atoms with Crippen LogP contribution in [0.15, 0.2) is 48.6 Å². The van der Waals surface area contributed by atoms with Gasteiger partial charge in [0.25, 0.3) is 7.82 Å². The first-order chi connectivity index (χ1) is 31.9. The summed E-state index contributed by atoms with van der Waals surface area (Å²) in [6.07, 6.45) is 55.0. The predicted octanol–water partition coefficient (Wildman–Crippen LogP) is 15.5. The summed E-state index contributed by atoms with van der Waals surface area (Å²) in [6, 6.07) is -0.896. The second kappa shape index (κ2) is 46.7.